The van der Waals surface area contributed by atoms with Crippen LogP contribution < -0.4 is 11.3 Å². The Hall–Kier alpha value is -0.320. The molecular formula is C16H25Cl2N3. The van der Waals surface area contributed by atoms with Crippen LogP contribution in [0.4, 0.5) is 0 Å². The third-order valence-electron chi connectivity index (χ3n) is 4.96. The van der Waals surface area contributed by atoms with Crippen LogP contribution in [0.1, 0.15) is 51.1 Å². The molecule has 3 N–H and O–H groups in total. The first-order chi connectivity index (χ1) is 10.1. The van der Waals surface area contributed by atoms with Gasteiger partial charge in [0.1, 0.15) is 0 Å². The van der Waals surface area contributed by atoms with Gasteiger partial charge in [-0.05, 0) is 50.4 Å². The van der Waals surface area contributed by atoms with E-state index in [1.807, 2.05) is 18.2 Å². The Kier molecular flexibility index (Phi) is 5.92. The van der Waals surface area contributed by atoms with E-state index in [0.29, 0.717) is 10.0 Å². The van der Waals surface area contributed by atoms with E-state index in [1.165, 1.54) is 12.8 Å². The molecule has 1 fully saturated rings. The van der Waals surface area contributed by atoms with Crippen molar-refractivity contribution < 1.29 is 0 Å². The molecule has 21 heavy (non-hydrogen) atoms. The summed E-state index contributed by atoms with van der Waals surface area (Å²) in [4.78, 5) is 2.56. The predicted molar refractivity (Wildman–Crippen MR) is 90.6 cm³/mol. The maximum atomic E-state index is 6.45. The van der Waals surface area contributed by atoms with Crippen LogP contribution in [0.2, 0.25) is 10.0 Å². The Bertz CT molecular complexity index is 469. The van der Waals surface area contributed by atoms with Crippen LogP contribution in [0.15, 0.2) is 18.2 Å². The average molecular weight is 330 g/mol. The molecule has 0 radical (unpaired) electrons. The van der Waals surface area contributed by atoms with Gasteiger partial charge in [0.05, 0.1) is 16.1 Å². The van der Waals surface area contributed by atoms with E-state index >= 15 is 0 Å². The van der Waals surface area contributed by atoms with E-state index in [4.69, 9.17) is 29.0 Å². The number of rotatable bonds is 6. The molecular weight excluding hydrogens is 305 g/mol. The van der Waals surface area contributed by atoms with E-state index in [2.05, 4.69) is 24.2 Å². The van der Waals surface area contributed by atoms with Crippen molar-refractivity contribution in [3.8, 4) is 0 Å². The highest BCUT2D eigenvalue weighted by Crippen LogP contribution is 2.42. The molecule has 1 unspecified atom stereocenters. The fourth-order valence-corrected chi connectivity index (χ4v) is 4.15. The fourth-order valence-electron chi connectivity index (χ4n) is 3.73. The van der Waals surface area contributed by atoms with Crippen LogP contribution in [-0.2, 0) is 0 Å². The Labute approximate surface area is 137 Å². The summed E-state index contributed by atoms with van der Waals surface area (Å²) in [5.74, 6) is 5.95. The first-order valence-corrected chi connectivity index (χ1v) is 8.51. The quantitative estimate of drug-likeness (QED) is 0.608. The lowest BCUT2D eigenvalue weighted by Gasteiger charge is -2.47. The molecule has 3 nitrogen and oxygen atoms in total. The van der Waals surface area contributed by atoms with Gasteiger partial charge in [-0.15, -0.1) is 0 Å². The highest BCUT2D eigenvalue weighted by Gasteiger charge is 2.43. The fraction of sp³-hybridized carbons (Fsp3) is 0.625. The van der Waals surface area contributed by atoms with E-state index in [0.717, 1.165) is 31.5 Å². The van der Waals surface area contributed by atoms with Gasteiger partial charge in [0, 0.05) is 5.54 Å². The summed E-state index contributed by atoms with van der Waals surface area (Å²) in [6, 6.07) is 5.75. The third-order valence-corrected chi connectivity index (χ3v) is 5.79. The van der Waals surface area contributed by atoms with Crippen LogP contribution in [-0.4, -0.2) is 23.5 Å². The zero-order valence-electron chi connectivity index (χ0n) is 12.8. The number of benzene rings is 1. The second-order valence-electron chi connectivity index (χ2n) is 5.75. The number of likely N-dealkylation sites (tertiary alicyclic amines) is 1. The molecule has 1 aliphatic rings. The van der Waals surface area contributed by atoms with Gasteiger partial charge in [-0.25, -0.2) is 0 Å². The molecule has 0 amide bonds. The standard InChI is InChI=1S/C16H25Cl2N3/c1-3-16(4-2,21-10-5-6-11-21)15(20-19)12-8-7-9-13(17)14(12)18/h7-9,15,20H,3-6,10-11,19H2,1-2H3. The smallest absolute Gasteiger partial charge is 0.0658 e. The molecule has 0 saturated carbocycles. The molecule has 1 aliphatic heterocycles. The number of hydrogen-bond acceptors (Lipinski definition) is 3. The Balaban J connectivity index is 2.46. The predicted octanol–water partition coefficient (Wildman–Crippen LogP) is 4.15. The van der Waals surface area contributed by atoms with Crippen molar-refractivity contribution in [1.29, 1.82) is 0 Å². The first kappa shape index (κ1) is 17.0. The largest absolute Gasteiger partial charge is 0.296 e. The Morgan fingerprint density at radius 2 is 1.86 bits per heavy atom. The van der Waals surface area contributed by atoms with E-state index in [1.54, 1.807) is 0 Å². The molecule has 1 aromatic carbocycles. The van der Waals surface area contributed by atoms with E-state index in [-0.39, 0.29) is 11.6 Å². The Morgan fingerprint density at radius 1 is 1.24 bits per heavy atom. The summed E-state index contributed by atoms with van der Waals surface area (Å²) in [6.45, 7) is 6.70. The van der Waals surface area contributed by atoms with Gasteiger partial charge in [-0.3, -0.25) is 16.2 Å². The molecule has 5 heteroatoms. The molecule has 0 spiro atoms. The number of hydrogen-bond donors (Lipinski definition) is 2. The summed E-state index contributed by atoms with van der Waals surface area (Å²) < 4.78 is 0. The number of nitrogens with two attached hydrogens (primary N) is 1. The molecule has 0 bridgehead atoms. The van der Waals surface area contributed by atoms with E-state index in [9.17, 15) is 0 Å². The third kappa shape index (κ3) is 3.08. The topological polar surface area (TPSA) is 41.3 Å². The summed E-state index contributed by atoms with van der Waals surface area (Å²) in [5.41, 5.74) is 3.98. The summed E-state index contributed by atoms with van der Waals surface area (Å²) in [7, 11) is 0. The zero-order chi connectivity index (χ0) is 15.5. The number of hydrazine groups is 1. The van der Waals surface area contributed by atoms with Crippen LogP contribution in [0.25, 0.3) is 0 Å². The summed E-state index contributed by atoms with van der Waals surface area (Å²) in [6.07, 6.45) is 4.53. The maximum absolute atomic E-state index is 6.45. The molecule has 0 aromatic heterocycles. The van der Waals surface area contributed by atoms with Gasteiger partial charge < -0.3 is 0 Å². The van der Waals surface area contributed by atoms with Crippen molar-refractivity contribution in [1.82, 2.24) is 10.3 Å². The summed E-state index contributed by atoms with van der Waals surface area (Å²) >= 11 is 12.6. The van der Waals surface area contributed by atoms with Crippen molar-refractivity contribution in [2.45, 2.75) is 51.1 Å². The minimum Gasteiger partial charge on any atom is -0.296 e. The van der Waals surface area contributed by atoms with E-state index < -0.39 is 0 Å². The van der Waals surface area contributed by atoms with Crippen LogP contribution in [0.3, 0.4) is 0 Å². The normalized spacial score (nSPS) is 18.1. The minimum absolute atomic E-state index is 0.0282. The number of halogens is 2. The van der Waals surface area contributed by atoms with Crippen molar-refractivity contribution >= 4 is 23.2 Å². The molecule has 118 valence electrons. The molecule has 1 atom stereocenters. The average Bonchev–Trinajstić information content (AvgIpc) is 3.03. The maximum Gasteiger partial charge on any atom is 0.0658 e. The van der Waals surface area contributed by atoms with Crippen molar-refractivity contribution in [2.24, 2.45) is 5.84 Å². The molecule has 0 aliphatic carbocycles. The lowest BCUT2D eigenvalue weighted by atomic mass is 9.79. The molecule has 2 rings (SSSR count). The van der Waals surface area contributed by atoms with Gasteiger partial charge in [-0.2, -0.15) is 0 Å². The van der Waals surface area contributed by atoms with Gasteiger partial charge in [0.2, 0.25) is 0 Å². The molecule has 1 aromatic rings. The van der Waals surface area contributed by atoms with Crippen molar-refractivity contribution in [3.05, 3.63) is 33.8 Å². The highest BCUT2D eigenvalue weighted by molar-refractivity contribution is 6.42. The second kappa shape index (κ2) is 7.30. The van der Waals surface area contributed by atoms with Crippen LogP contribution in [0.5, 0.6) is 0 Å². The van der Waals surface area contributed by atoms with Gasteiger partial charge in [0.25, 0.3) is 0 Å². The van der Waals surface area contributed by atoms with Crippen LogP contribution in [0, 0.1) is 0 Å². The van der Waals surface area contributed by atoms with Crippen molar-refractivity contribution in [2.75, 3.05) is 13.1 Å². The SMILES string of the molecule is CCC(CC)(C(NN)c1cccc(Cl)c1Cl)N1CCCC1. The Morgan fingerprint density at radius 3 is 2.38 bits per heavy atom. The lowest BCUT2D eigenvalue weighted by Crippen LogP contribution is -2.56. The highest BCUT2D eigenvalue weighted by atomic mass is 35.5. The minimum atomic E-state index is -0.0307. The number of nitrogens with zero attached hydrogens (tertiary/aromatic N) is 1. The van der Waals surface area contributed by atoms with Gasteiger partial charge in [-0.1, -0.05) is 49.2 Å². The lowest BCUT2D eigenvalue weighted by molar-refractivity contribution is 0.0617. The molecule has 1 heterocycles. The first-order valence-electron chi connectivity index (χ1n) is 7.75. The van der Waals surface area contributed by atoms with Crippen molar-refractivity contribution in [3.63, 3.8) is 0 Å². The van der Waals surface area contributed by atoms with Crippen LogP contribution >= 0.6 is 23.2 Å². The number of nitrogens with one attached hydrogen (secondary N) is 1. The summed E-state index contributed by atoms with van der Waals surface area (Å²) in [5, 5.41) is 1.18. The zero-order valence-corrected chi connectivity index (χ0v) is 14.3. The van der Waals surface area contributed by atoms with Gasteiger partial charge in [0.15, 0.2) is 0 Å². The second-order valence-corrected chi connectivity index (χ2v) is 6.53. The molecule has 1 saturated heterocycles. The van der Waals surface area contributed by atoms with Gasteiger partial charge >= 0.3 is 0 Å². The monoisotopic (exact) mass is 329 g/mol.